The summed E-state index contributed by atoms with van der Waals surface area (Å²) in [6, 6.07) is 4.04. The molecule has 3 nitrogen and oxygen atoms in total. The highest BCUT2D eigenvalue weighted by molar-refractivity contribution is 7.99. The number of carbonyl (C=O) groups is 1. The molecule has 0 aliphatic heterocycles. The third-order valence-electron chi connectivity index (χ3n) is 2.12. The average molecular weight is 270 g/mol. The number of amides is 1. The fourth-order valence-electron chi connectivity index (χ4n) is 1.34. The van der Waals surface area contributed by atoms with E-state index in [1.54, 1.807) is 29.2 Å². The van der Waals surface area contributed by atoms with Gasteiger partial charge in [0.25, 0.3) is 0 Å². The molecule has 0 radical (unpaired) electrons. The Bertz CT molecular complexity index is 338. The van der Waals surface area contributed by atoms with Gasteiger partial charge in [0.15, 0.2) is 0 Å². The van der Waals surface area contributed by atoms with Gasteiger partial charge in [0.2, 0.25) is 5.91 Å². The highest BCUT2D eigenvalue weighted by Crippen LogP contribution is 2.13. The lowest BCUT2D eigenvalue weighted by Gasteiger charge is -2.20. The van der Waals surface area contributed by atoms with Gasteiger partial charge in [0.1, 0.15) is 0 Å². The second-order valence-corrected chi connectivity index (χ2v) is 5.62. The zero-order valence-corrected chi connectivity index (χ0v) is 11.4. The van der Waals surface area contributed by atoms with Crippen molar-refractivity contribution < 1.29 is 4.79 Å². The molecular weight excluding hydrogens is 252 g/mol. The number of hydrogen-bond donors (Lipinski definition) is 1. The number of hydrogen-bond acceptors (Lipinski definition) is 4. The van der Waals surface area contributed by atoms with Gasteiger partial charge in [-0.25, -0.2) is 0 Å². The molecule has 1 amide bonds. The molecule has 0 atom stereocenters. The molecule has 0 saturated heterocycles. The summed E-state index contributed by atoms with van der Waals surface area (Å²) < 4.78 is 0. The third-order valence-corrected chi connectivity index (χ3v) is 3.95. The molecule has 0 spiro atoms. The van der Waals surface area contributed by atoms with Gasteiger partial charge >= 0.3 is 0 Å². The number of nitrogens with zero attached hydrogens (tertiary/aromatic N) is 1. The number of carbonyl (C=O) groups excluding carboxylic acids is 1. The molecule has 0 aliphatic carbocycles. The summed E-state index contributed by atoms with van der Waals surface area (Å²) in [6.45, 7) is 5.58. The van der Waals surface area contributed by atoms with Gasteiger partial charge < -0.3 is 10.6 Å². The minimum absolute atomic E-state index is 0.150. The number of thioether (sulfide) groups is 1. The van der Waals surface area contributed by atoms with Crippen LogP contribution in [0.4, 0.5) is 0 Å². The minimum atomic E-state index is 0.150. The van der Waals surface area contributed by atoms with Crippen LogP contribution in [-0.2, 0) is 11.3 Å². The monoisotopic (exact) mass is 270 g/mol. The standard InChI is InChI=1S/C12H18N2OS2/c1-2-6-14(9-11-4-3-7-17-11)12(15)10-16-8-5-13/h2-4,7H,1,5-6,8-10,13H2. The SMILES string of the molecule is C=CCN(Cc1cccs1)C(=O)CSCCN. The van der Waals surface area contributed by atoms with Crippen molar-refractivity contribution in [3.05, 3.63) is 35.0 Å². The first-order valence-electron chi connectivity index (χ1n) is 5.46. The van der Waals surface area contributed by atoms with Gasteiger partial charge in [-0.2, -0.15) is 11.8 Å². The third kappa shape index (κ3) is 5.39. The van der Waals surface area contributed by atoms with Gasteiger partial charge in [-0.3, -0.25) is 4.79 Å². The van der Waals surface area contributed by atoms with Crippen molar-refractivity contribution in [3.63, 3.8) is 0 Å². The van der Waals surface area contributed by atoms with E-state index in [0.717, 1.165) is 5.75 Å². The normalized spacial score (nSPS) is 10.2. The van der Waals surface area contributed by atoms with Gasteiger partial charge in [-0.05, 0) is 11.4 Å². The van der Waals surface area contributed by atoms with Crippen LogP contribution in [0.5, 0.6) is 0 Å². The van der Waals surface area contributed by atoms with E-state index >= 15 is 0 Å². The van der Waals surface area contributed by atoms with Gasteiger partial charge in [0.05, 0.1) is 12.3 Å². The Hall–Kier alpha value is -0.780. The zero-order chi connectivity index (χ0) is 12.5. The zero-order valence-electron chi connectivity index (χ0n) is 9.80. The molecule has 17 heavy (non-hydrogen) atoms. The van der Waals surface area contributed by atoms with Crippen LogP contribution in [-0.4, -0.2) is 35.4 Å². The minimum Gasteiger partial charge on any atom is -0.333 e. The Balaban J connectivity index is 2.46. The average Bonchev–Trinajstić information content (AvgIpc) is 2.81. The summed E-state index contributed by atoms with van der Waals surface area (Å²) in [5.41, 5.74) is 5.40. The summed E-state index contributed by atoms with van der Waals surface area (Å²) in [5.74, 6) is 1.47. The number of thiophene rings is 1. The fourth-order valence-corrected chi connectivity index (χ4v) is 2.72. The molecule has 0 aromatic carbocycles. The molecular formula is C12H18N2OS2. The van der Waals surface area contributed by atoms with Crippen LogP contribution in [0.15, 0.2) is 30.2 Å². The summed E-state index contributed by atoms with van der Waals surface area (Å²) in [6.07, 6.45) is 1.76. The van der Waals surface area contributed by atoms with Crippen molar-refractivity contribution in [1.82, 2.24) is 4.90 Å². The van der Waals surface area contributed by atoms with Crippen LogP contribution in [0.25, 0.3) is 0 Å². The van der Waals surface area contributed by atoms with E-state index in [1.807, 2.05) is 22.4 Å². The van der Waals surface area contributed by atoms with Crippen molar-refractivity contribution in [2.75, 3.05) is 24.6 Å². The Morgan fingerprint density at radius 1 is 1.65 bits per heavy atom. The lowest BCUT2D eigenvalue weighted by Crippen LogP contribution is -2.32. The second-order valence-electron chi connectivity index (χ2n) is 3.48. The molecule has 1 heterocycles. The molecule has 0 unspecified atom stereocenters. The van der Waals surface area contributed by atoms with Crippen molar-refractivity contribution in [2.45, 2.75) is 6.54 Å². The van der Waals surface area contributed by atoms with Crippen molar-refractivity contribution >= 4 is 29.0 Å². The quantitative estimate of drug-likeness (QED) is 0.580. The lowest BCUT2D eigenvalue weighted by atomic mass is 10.4. The Kier molecular flexibility index (Phi) is 7.00. The van der Waals surface area contributed by atoms with E-state index in [4.69, 9.17) is 5.73 Å². The molecule has 0 fully saturated rings. The predicted octanol–water partition coefficient (Wildman–Crippen LogP) is 1.95. The van der Waals surface area contributed by atoms with E-state index in [1.165, 1.54) is 4.88 Å². The van der Waals surface area contributed by atoms with Gasteiger partial charge in [0, 0.05) is 23.7 Å². The Morgan fingerprint density at radius 2 is 2.47 bits per heavy atom. The van der Waals surface area contributed by atoms with Gasteiger partial charge in [-0.1, -0.05) is 12.1 Å². The van der Waals surface area contributed by atoms with Crippen LogP contribution in [0.3, 0.4) is 0 Å². The first kappa shape index (κ1) is 14.3. The summed E-state index contributed by atoms with van der Waals surface area (Å²) >= 11 is 3.25. The van der Waals surface area contributed by atoms with E-state index in [2.05, 4.69) is 6.58 Å². The lowest BCUT2D eigenvalue weighted by molar-refractivity contribution is -0.128. The maximum Gasteiger partial charge on any atom is 0.233 e. The van der Waals surface area contributed by atoms with E-state index in [-0.39, 0.29) is 5.91 Å². The summed E-state index contributed by atoms with van der Waals surface area (Å²) in [5, 5.41) is 2.02. The number of rotatable bonds is 8. The first-order chi connectivity index (χ1) is 8.27. The molecule has 0 bridgehead atoms. The van der Waals surface area contributed by atoms with Crippen LogP contribution in [0, 0.1) is 0 Å². The van der Waals surface area contributed by atoms with E-state index in [9.17, 15) is 4.79 Å². The largest absolute Gasteiger partial charge is 0.333 e. The topological polar surface area (TPSA) is 46.3 Å². The smallest absolute Gasteiger partial charge is 0.233 e. The molecule has 1 rings (SSSR count). The molecule has 5 heteroatoms. The summed E-state index contributed by atoms with van der Waals surface area (Å²) in [4.78, 5) is 15.0. The highest BCUT2D eigenvalue weighted by atomic mass is 32.2. The highest BCUT2D eigenvalue weighted by Gasteiger charge is 2.12. The van der Waals surface area contributed by atoms with Crippen molar-refractivity contribution in [2.24, 2.45) is 5.73 Å². The van der Waals surface area contributed by atoms with E-state index < -0.39 is 0 Å². The maximum absolute atomic E-state index is 12.0. The molecule has 0 aliphatic rings. The molecule has 1 aromatic rings. The maximum atomic E-state index is 12.0. The fraction of sp³-hybridized carbons (Fsp3) is 0.417. The predicted molar refractivity (Wildman–Crippen MR) is 76.3 cm³/mol. The number of nitrogens with two attached hydrogens (primary N) is 1. The molecule has 1 aromatic heterocycles. The Labute approximate surface area is 111 Å². The molecule has 0 saturated carbocycles. The van der Waals surface area contributed by atoms with Crippen LogP contribution in [0.1, 0.15) is 4.88 Å². The van der Waals surface area contributed by atoms with Crippen molar-refractivity contribution in [1.29, 1.82) is 0 Å². The van der Waals surface area contributed by atoms with Crippen LogP contribution >= 0.6 is 23.1 Å². The van der Waals surface area contributed by atoms with Crippen molar-refractivity contribution in [3.8, 4) is 0 Å². The Morgan fingerprint density at radius 3 is 3.06 bits per heavy atom. The van der Waals surface area contributed by atoms with Crippen LogP contribution in [0.2, 0.25) is 0 Å². The molecule has 2 N–H and O–H groups in total. The second kappa shape index (κ2) is 8.33. The van der Waals surface area contributed by atoms with E-state index in [0.29, 0.717) is 25.4 Å². The molecule has 94 valence electrons. The first-order valence-corrected chi connectivity index (χ1v) is 7.50. The van der Waals surface area contributed by atoms with Crippen LogP contribution < -0.4 is 5.73 Å². The summed E-state index contributed by atoms with van der Waals surface area (Å²) in [7, 11) is 0. The van der Waals surface area contributed by atoms with Gasteiger partial charge in [-0.15, -0.1) is 17.9 Å².